The maximum Gasteiger partial charge on any atom is 0.330 e. The highest BCUT2D eigenvalue weighted by Crippen LogP contribution is 2.30. The fourth-order valence-corrected chi connectivity index (χ4v) is 1.90. The van der Waals surface area contributed by atoms with E-state index in [0.29, 0.717) is 11.8 Å². The van der Waals surface area contributed by atoms with Gasteiger partial charge >= 0.3 is 5.97 Å². The van der Waals surface area contributed by atoms with Gasteiger partial charge in [-0.05, 0) is 37.2 Å². The first-order valence-electron chi connectivity index (χ1n) is 5.54. The standard InChI is InChI=1S/C13H20O2/c1-5-13(14)15-12-8-11(9(2)3)7-6-10(12)4/h5-6,9,11-12H,1,7-8H2,2-4H3. The summed E-state index contributed by atoms with van der Waals surface area (Å²) >= 11 is 0. The molecule has 84 valence electrons. The van der Waals surface area contributed by atoms with Crippen LogP contribution in [0, 0.1) is 11.8 Å². The molecule has 1 rings (SSSR count). The van der Waals surface area contributed by atoms with Gasteiger partial charge in [-0.25, -0.2) is 4.79 Å². The number of esters is 1. The zero-order valence-corrected chi connectivity index (χ0v) is 9.82. The van der Waals surface area contributed by atoms with E-state index >= 15 is 0 Å². The highest BCUT2D eigenvalue weighted by molar-refractivity contribution is 5.81. The molecule has 0 amide bonds. The minimum Gasteiger partial charge on any atom is -0.455 e. The van der Waals surface area contributed by atoms with Gasteiger partial charge in [0.05, 0.1) is 0 Å². The quantitative estimate of drug-likeness (QED) is 0.405. The average molecular weight is 208 g/mol. The fraction of sp³-hybridized carbons (Fsp3) is 0.615. The van der Waals surface area contributed by atoms with Crippen LogP contribution in [0.4, 0.5) is 0 Å². The molecule has 2 unspecified atom stereocenters. The third-order valence-corrected chi connectivity index (χ3v) is 3.14. The molecule has 0 saturated carbocycles. The van der Waals surface area contributed by atoms with Crippen LogP contribution >= 0.6 is 0 Å². The Hall–Kier alpha value is -1.05. The van der Waals surface area contributed by atoms with Crippen LogP contribution in [-0.2, 0) is 9.53 Å². The molecule has 15 heavy (non-hydrogen) atoms. The van der Waals surface area contributed by atoms with Crippen LogP contribution in [0.1, 0.15) is 33.6 Å². The summed E-state index contributed by atoms with van der Waals surface area (Å²) < 4.78 is 5.31. The fourth-order valence-electron chi connectivity index (χ4n) is 1.90. The zero-order chi connectivity index (χ0) is 11.4. The number of ether oxygens (including phenoxy) is 1. The van der Waals surface area contributed by atoms with E-state index in [2.05, 4.69) is 26.5 Å². The summed E-state index contributed by atoms with van der Waals surface area (Å²) in [6.07, 6.45) is 5.42. The lowest BCUT2D eigenvalue weighted by atomic mass is 9.81. The van der Waals surface area contributed by atoms with E-state index < -0.39 is 0 Å². The largest absolute Gasteiger partial charge is 0.455 e. The maximum absolute atomic E-state index is 11.1. The van der Waals surface area contributed by atoms with Crippen molar-refractivity contribution >= 4 is 5.97 Å². The van der Waals surface area contributed by atoms with E-state index in [4.69, 9.17) is 4.74 Å². The summed E-state index contributed by atoms with van der Waals surface area (Å²) in [6.45, 7) is 9.86. The summed E-state index contributed by atoms with van der Waals surface area (Å²) in [5, 5.41) is 0. The van der Waals surface area contributed by atoms with Crippen molar-refractivity contribution in [2.75, 3.05) is 0 Å². The Labute approximate surface area is 92.0 Å². The summed E-state index contributed by atoms with van der Waals surface area (Å²) in [5.41, 5.74) is 1.17. The van der Waals surface area contributed by atoms with Crippen molar-refractivity contribution in [3.63, 3.8) is 0 Å². The van der Waals surface area contributed by atoms with E-state index in [1.165, 1.54) is 11.6 Å². The van der Waals surface area contributed by atoms with Crippen LogP contribution in [0.2, 0.25) is 0 Å². The summed E-state index contributed by atoms with van der Waals surface area (Å²) in [4.78, 5) is 11.1. The van der Waals surface area contributed by atoms with Crippen molar-refractivity contribution in [1.82, 2.24) is 0 Å². The molecule has 0 aromatic heterocycles. The monoisotopic (exact) mass is 208 g/mol. The molecule has 0 aromatic rings. The van der Waals surface area contributed by atoms with Crippen molar-refractivity contribution in [2.45, 2.75) is 39.7 Å². The van der Waals surface area contributed by atoms with Gasteiger partial charge in [-0.2, -0.15) is 0 Å². The summed E-state index contributed by atoms with van der Waals surface area (Å²) in [6, 6.07) is 0. The molecular weight excluding hydrogens is 188 g/mol. The van der Waals surface area contributed by atoms with E-state index in [-0.39, 0.29) is 12.1 Å². The van der Waals surface area contributed by atoms with Crippen LogP contribution in [-0.4, -0.2) is 12.1 Å². The summed E-state index contributed by atoms with van der Waals surface area (Å²) in [7, 11) is 0. The number of hydrogen-bond donors (Lipinski definition) is 0. The van der Waals surface area contributed by atoms with E-state index in [9.17, 15) is 4.79 Å². The molecule has 2 nitrogen and oxygen atoms in total. The van der Waals surface area contributed by atoms with Gasteiger partial charge in [-0.3, -0.25) is 0 Å². The van der Waals surface area contributed by atoms with Crippen molar-refractivity contribution in [2.24, 2.45) is 11.8 Å². The number of carbonyl (C=O) groups excluding carboxylic acids is 1. The maximum atomic E-state index is 11.1. The second-order valence-corrected chi connectivity index (χ2v) is 4.55. The Bertz CT molecular complexity index is 276. The van der Waals surface area contributed by atoms with Crippen LogP contribution in [0.5, 0.6) is 0 Å². The minimum atomic E-state index is -0.322. The van der Waals surface area contributed by atoms with Gasteiger partial charge in [0, 0.05) is 6.08 Å². The smallest absolute Gasteiger partial charge is 0.330 e. The highest BCUT2D eigenvalue weighted by Gasteiger charge is 2.26. The van der Waals surface area contributed by atoms with E-state index in [1.807, 2.05) is 6.92 Å². The number of rotatable bonds is 3. The van der Waals surface area contributed by atoms with E-state index in [1.54, 1.807) is 0 Å². The normalized spacial score (nSPS) is 26.0. The molecule has 0 heterocycles. The van der Waals surface area contributed by atoms with Gasteiger partial charge < -0.3 is 4.74 Å². The molecule has 2 atom stereocenters. The predicted octanol–water partition coefficient (Wildman–Crippen LogP) is 3.10. The first-order chi connectivity index (χ1) is 7.04. The van der Waals surface area contributed by atoms with Gasteiger partial charge in [0.1, 0.15) is 6.10 Å². The van der Waals surface area contributed by atoms with Crippen molar-refractivity contribution < 1.29 is 9.53 Å². The zero-order valence-electron chi connectivity index (χ0n) is 9.82. The molecular formula is C13H20O2. The minimum absolute atomic E-state index is 0.0448. The van der Waals surface area contributed by atoms with Gasteiger partial charge in [0.15, 0.2) is 0 Å². The number of carbonyl (C=O) groups is 1. The van der Waals surface area contributed by atoms with Crippen LogP contribution in [0.15, 0.2) is 24.3 Å². The van der Waals surface area contributed by atoms with E-state index in [0.717, 1.165) is 12.8 Å². The Morgan fingerprint density at radius 3 is 2.87 bits per heavy atom. The molecule has 0 aliphatic heterocycles. The first-order valence-corrected chi connectivity index (χ1v) is 5.54. The molecule has 0 bridgehead atoms. The number of hydrogen-bond acceptors (Lipinski definition) is 2. The first kappa shape index (κ1) is 12.0. The predicted molar refractivity (Wildman–Crippen MR) is 61.4 cm³/mol. The third kappa shape index (κ3) is 3.22. The van der Waals surface area contributed by atoms with Gasteiger partial charge in [-0.15, -0.1) is 0 Å². The molecule has 0 fully saturated rings. The lowest BCUT2D eigenvalue weighted by Gasteiger charge is -2.30. The third-order valence-electron chi connectivity index (χ3n) is 3.14. The summed E-state index contributed by atoms with van der Waals surface area (Å²) in [5.74, 6) is 0.938. The molecule has 1 aliphatic rings. The Kier molecular flexibility index (Phi) is 4.13. The topological polar surface area (TPSA) is 26.3 Å². The molecule has 2 heteroatoms. The second-order valence-electron chi connectivity index (χ2n) is 4.55. The molecule has 0 saturated heterocycles. The molecule has 0 aromatic carbocycles. The highest BCUT2D eigenvalue weighted by atomic mass is 16.5. The number of allylic oxidation sites excluding steroid dienone is 1. The van der Waals surface area contributed by atoms with Crippen molar-refractivity contribution in [1.29, 1.82) is 0 Å². The SMILES string of the molecule is C=CC(=O)OC1CC(C(C)C)CC=C1C. The molecule has 0 N–H and O–H groups in total. The molecule has 0 radical (unpaired) electrons. The average Bonchev–Trinajstić information content (AvgIpc) is 2.20. The van der Waals surface area contributed by atoms with Gasteiger partial charge in [-0.1, -0.05) is 26.5 Å². The Morgan fingerprint density at radius 1 is 1.67 bits per heavy atom. The van der Waals surface area contributed by atoms with Crippen molar-refractivity contribution in [3.8, 4) is 0 Å². The van der Waals surface area contributed by atoms with Crippen LogP contribution in [0.25, 0.3) is 0 Å². The van der Waals surface area contributed by atoms with Gasteiger partial charge in [0.2, 0.25) is 0 Å². The lowest BCUT2D eigenvalue weighted by molar-refractivity contribution is -0.142. The van der Waals surface area contributed by atoms with Crippen LogP contribution in [0.3, 0.4) is 0 Å². The Balaban J connectivity index is 2.63. The van der Waals surface area contributed by atoms with Crippen molar-refractivity contribution in [3.05, 3.63) is 24.3 Å². The van der Waals surface area contributed by atoms with Crippen LogP contribution < -0.4 is 0 Å². The molecule has 0 spiro atoms. The Morgan fingerprint density at radius 2 is 2.33 bits per heavy atom. The second kappa shape index (κ2) is 5.15. The molecule has 1 aliphatic carbocycles. The lowest BCUT2D eigenvalue weighted by Crippen LogP contribution is -2.27. The van der Waals surface area contributed by atoms with Gasteiger partial charge in [0.25, 0.3) is 0 Å².